The Morgan fingerprint density at radius 3 is 2.18 bits per heavy atom. The van der Waals surface area contributed by atoms with Gasteiger partial charge in [-0.1, -0.05) is 13.8 Å². The maximum atomic E-state index is 11.1. The molecule has 0 aliphatic heterocycles. The summed E-state index contributed by atoms with van der Waals surface area (Å²) in [5.41, 5.74) is 4.50. The summed E-state index contributed by atoms with van der Waals surface area (Å²) in [6.07, 6.45) is 0.876. The Bertz CT molecular complexity index is 239. The lowest BCUT2D eigenvalue weighted by molar-refractivity contribution is -0.0600. The normalized spacial score (nSPS) is 13.0. The van der Waals surface area contributed by atoms with Crippen molar-refractivity contribution >= 4 is 7.60 Å². The Morgan fingerprint density at radius 1 is 1.18 bits per heavy atom. The quantitative estimate of drug-likeness (QED) is 0.399. The van der Waals surface area contributed by atoms with Crippen LogP contribution in [-0.2, 0) is 14.0 Å². The van der Waals surface area contributed by atoms with E-state index in [1.165, 1.54) is 0 Å². The zero-order chi connectivity index (χ0) is 13.4. The van der Waals surface area contributed by atoms with E-state index in [9.17, 15) is 4.57 Å². The first-order valence-electron chi connectivity index (χ1n) is 5.85. The number of rotatable bonds is 10. The van der Waals surface area contributed by atoms with Crippen LogP contribution in [0.25, 0.3) is 0 Å². The molecule has 0 heterocycles. The lowest BCUT2D eigenvalue weighted by atomic mass is 10.00. The van der Waals surface area contributed by atoms with Gasteiger partial charge in [-0.15, -0.1) is 0 Å². The van der Waals surface area contributed by atoms with Crippen molar-refractivity contribution in [2.24, 2.45) is 5.73 Å². The molecule has 104 valence electrons. The van der Waals surface area contributed by atoms with Crippen molar-refractivity contribution in [2.45, 2.75) is 32.3 Å². The second-order valence-electron chi connectivity index (χ2n) is 3.96. The largest absolute Gasteiger partial charge is 0.378 e. The first kappa shape index (κ1) is 17.0. The van der Waals surface area contributed by atoms with Crippen molar-refractivity contribution in [3.05, 3.63) is 0 Å². The molecule has 0 fully saturated rings. The second kappa shape index (κ2) is 8.19. The third kappa shape index (κ3) is 7.86. The van der Waals surface area contributed by atoms with Crippen molar-refractivity contribution in [1.82, 2.24) is 0 Å². The van der Waals surface area contributed by atoms with E-state index in [1.54, 1.807) is 0 Å². The third-order valence-electron chi connectivity index (χ3n) is 2.68. The molecule has 0 radical (unpaired) electrons. The van der Waals surface area contributed by atoms with E-state index >= 15 is 0 Å². The van der Waals surface area contributed by atoms with Gasteiger partial charge >= 0.3 is 7.60 Å². The van der Waals surface area contributed by atoms with Gasteiger partial charge in [0, 0.05) is 6.54 Å². The van der Waals surface area contributed by atoms with Gasteiger partial charge in [0.05, 0.1) is 31.6 Å². The molecule has 0 amide bonds. The summed E-state index contributed by atoms with van der Waals surface area (Å²) in [5.74, 6) is 0. The van der Waals surface area contributed by atoms with E-state index in [4.69, 9.17) is 25.0 Å². The maximum absolute atomic E-state index is 11.1. The van der Waals surface area contributed by atoms with Gasteiger partial charge in [0.15, 0.2) is 0 Å². The molecule has 6 nitrogen and oxygen atoms in total. The molecule has 0 rings (SSSR count). The molecule has 0 spiro atoms. The third-order valence-corrected chi connectivity index (χ3v) is 3.67. The van der Waals surface area contributed by atoms with Crippen LogP contribution in [0.3, 0.4) is 0 Å². The molecule has 4 N–H and O–H groups in total. The zero-order valence-electron chi connectivity index (χ0n) is 10.6. The minimum absolute atomic E-state index is 0.246. The molecular formula is C10H24NO5P. The van der Waals surface area contributed by atoms with Crippen LogP contribution < -0.4 is 5.73 Å². The van der Waals surface area contributed by atoms with Crippen LogP contribution in [-0.4, -0.2) is 47.9 Å². The highest BCUT2D eigenvalue weighted by molar-refractivity contribution is 7.51. The molecule has 0 saturated carbocycles. The Kier molecular flexibility index (Phi) is 8.20. The van der Waals surface area contributed by atoms with Crippen molar-refractivity contribution in [3.8, 4) is 0 Å². The number of hydrogen-bond donors (Lipinski definition) is 3. The summed E-state index contributed by atoms with van der Waals surface area (Å²) in [7, 11) is -4.07. The maximum Gasteiger partial charge on any atom is 0.328 e. The molecule has 0 aromatic heterocycles. The average molecular weight is 269 g/mol. The van der Waals surface area contributed by atoms with Gasteiger partial charge in [-0.05, 0) is 12.8 Å². The van der Waals surface area contributed by atoms with E-state index in [2.05, 4.69) is 0 Å². The highest BCUT2D eigenvalue weighted by Crippen LogP contribution is 2.42. The summed E-state index contributed by atoms with van der Waals surface area (Å²) < 4.78 is 21.8. The molecule has 0 unspecified atom stereocenters. The average Bonchev–Trinajstić information content (AvgIpc) is 2.25. The highest BCUT2D eigenvalue weighted by atomic mass is 31.2. The van der Waals surface area contributed by atoms with Crippen LogP contribution in [0.1, 0.15) is 26.7 Å². The lowest BCUT2D eigenvalue weighted by Crippen LogP contribution is -2.36. The van der Waals surface area contributed by atoms with E-state index in [1.807, 2.05) is 13.8 Å². The van der Waals surface area contributed by atoms with Gasteiger partial charge in [-0.25, -0.2) is 0 Å². The van der Waals surface area contributed by atoms with E-state index < -0.39 is 13.2 Å². The molecule has 0 aromatic rings. The first-order valence-corrected chi connectivity index (χ1v) is 7.65. The van der Waals surface area contributed by atoms with E-state index in [-0.39, 0.29) is 6.16 Å². The topological polar surface area (TPSA) is 102 Å². The van der Waals surface area contributed by atoms with Gasteiger partial charge in [0.1, 0.15) is 0 Å². The molecular weight excluding hydrogens is 245 g/mol. The highest BCUT2D eigenvalue weighted by Gasteiger charge is 2.34. The van der Waals surface area contributed by atoms with Gasteiger partial charge in [-0.3, -0.25) is 4.57 Å². The summed E-state index contributed by atoms with van der Waals surface area (Å²) >= 11 is 0. The summed E-state index contributed by atoms with van der Waals surface area (Å²) in [5, 5.41) is 0. The van der Waals surface area contributed by atoms with Crippen LogP contribution in [0.2, 0.25) is 0 Å². The van der Waals surface area contributed by atoms with Crippen LogP contribution in [0.5, 0.6) is 0 Å². The molecule has 0 atom stereocenters. The summed E-state index contributed by atoms with van der Waals surface area (Å²) in [4.78, 5) is 18.1. The Balaban J connectivity index is 4.17. The fraction of sp³-hybridized carbons (Fsp3) is 1.00. The van der Waals surface area contributed by atoms with E-state index in [0.717, 1.165) is 0 Å². The second-order valence-corrected chi connectivity index (χ2v) is 5.61. The number of nitrogens with two attached hydrogens (primary N) is 1. The Hall–Kier alpha value is 0.0300. The predicted molar refractivity (Wildman–Crippen MR) is 66.0 cm³/mol. The smallest absolute Gasteiger partial charge is 0.328 e. The van der Waals surface area contributed by atoms with Crippen LogP contribution in [0, 0.1) is 0 Å². The first-order chi connectivity index (χ1) is 7.89. The SMILES string of the molecule is CCC(CC)(CP(=O)(O)O)OCCOCCN. The Labute approximate surface area is 103 Å². The lowest BCUT2D eigenvalue weighted by Gasteiger charge is -2.32. The molecule has 0 aromatic carbocycles. The van der Waals surface area contributed by atoms with Gasteiger partial charge in [0.2, 0.25) is 0 Å². The standard InChI is InChI=1S/C10H24NO5P/c1-3-10(4-2,9-17(12,13)14)16-8-7-15-6-5-11/h3-9,11H2,1-2H3,(H2,12,13,14). The van der Waals surface area contributed by atoms with Crippen molar-refractivity contribution in [1.29, 1.82) is 0 Å². The monoisotopic (exact) mass is 269 g/mol. The van der Waals surface area contributed by atoms with Crippen LogP contribution >= 0.6 is 7.60 Å². The number of ether oxygens (including phenoxy) is 2. The van der Waals surface area contributed by atoms with Crippen molar-refractivity contribution in [2.75, 3.05) is 32.5 Å². The van der Waals surface area contributed by atoms with Gasteiger partial charge in [0.25, 0.3) is 0 Å². The summed E-state index contributed by atoms with van der Waals surface area (Å²) in [6, 6.07) is 0. The molecule has 0 aliphatic rings. The fourth-order valence-electron chi connectivity index (χ4n) is 1.60. The van der Waals surface area contributed by atoms with Gasteiger partial charge < -0.3 is 25.0 Å². The minimum Gasteiger partial charge on any atom is -0.378 e. The van der Waals surface area contributed by atoms with Crippen LogP contribution in [0.15, 0.2) is 0 Å². The minimum atomic E-state index is -4.07. The molecule has 17 heavy (non-hydrogen) atoms. The van der Waals surface area contributed by atoms with E-state index in [0.29, 0.717) is 39.2 Å². The van der Waals surface area contributed by atoms with Crippen molar-refractivity contribution in [3.63, 3.8) is 0 Å². The molecule has 0 saturated heterocycles. The number of hydrogen-bond acceptors (Lipinski definition) is 4. The van der Waals surface area contributed by atoms with Crippen molar-refractivity contribution < 1.29 is 23.8 Å². The predicted octanol–water partition coefficient (Wildman–Crippen LogP) is 0.715. The Morgan fingerprint density at radius 2 is 1.76 bits per heavy atom. The van der Waals surface area contributed by atoms with Crippen LogP contribution in [0.4, 0.5) is 0 Å². The molecule has 0 aliphatic carbocycles. The zero-order valence-corrected chi connectivity index (χ0v) is 11.5. The summed E-state index contributed by atoms with van der Waals surface area (Å²) in [6.45, 7) is 5.35. The molecule has 7 heteroatoms. The fourth-order valence-corrected chi connectivity index (χ4v) is 2.89. The molecule has 0 bridgehead atoms. The van der Waals surface area contributed by atoms with Gasteiger partial charge in [-0.2, -0.15) is 0 Å².